The summed E-state index contributed by atoms with van der Waals surface area (Å²) in [4.78, 5) is 11.3. The molecule has 5 nitrogen and oxygen atoms in total. The summed E-state index contributed by atoms with van der Waals surface area (Å²) in [7, 11) is 4.14. The van der Waals surface area contributed by atoms with Gasteiger partial charge in [0.2, 0.25) is 0 Å². The minimum absolute atomic E-state index is 0.526. The van der Waals surface area contributed by atoms with E-state index in [9.17, 15) is 0 Å². The zero-order chi connectivity index (χ0) is 15.7. The standard InChI is InChI=1S/C17H23N5/c1-4-14-17(18)20-9-16(21-14)11-7-12-10-22(3)6-5-13(12)15(8-11)19-2/h7-9,19H,4-6,10H2,1-3H3,(H2,18,20). The average molecular weight is 297 g/mol. The van der Waals surface area contributed by atoms with Gasteiger partial charge in [-0.15, -0.1) is 0 Å². The molecule has 1 aliphatic heterocycles. The summed E-state index contributed by atoms with van der Waals surface area (Å²) in [5.74, 6) is 0.526. The van der Waals surface area contributed by atoms with Crippen LogP contribution in [0.15, 0.2) is 18.3 Å². The quantitative estimate of drug-likeness (QED) is 0.910. The molecular weight excluding hydrogens is 274 g/mol. The van der Waals surface area contributed by atoms with Crippen molar-refractivity contribution in [1.82, 2.24) is 14.9 Å². The molecule has 0 aliphatic carbocycles. The zero-order valence-electron chi connectivity index (χ0n) is 13.5. The molecule has 0 radical (unpaired) electrons. The lowest BCUT2D eigenvalue weighted by atomic mass is 9.94. The Morgan fingerprint density at radius 3 is 2.91 bits per heavy atom. The van der Waals surface area contributed by atoms with Crippen LogP contribution in [0.25, 0.3) is 11.3 Å². The first-order valence-electron chi connectivity index (χ1n) is 7.76. The van der Waals surface area contributed by atoms with Gasteiger partial charge in [0.05, 0.1) is 17.6 Å². The third-order valence-electron chi connectivity index (χ3n) is 4.30. The molecule has 0 saturated carbocycles. The number of hydrogen-bond donors (Lipinski definition) is 2. The lowest BCUT2D eigenvalue weighted by Gasteiger charge is -2.27. The highest BCUT2D eigenvalue weighted by atomic mass is 15.1. The Balaban J connectivity index is 2.09. The molecule has 0 saturated heterocycles. The van der Waals surface area contributed by atoms with Crippen molar-refractivity contribution in [2.45, 2.75) is 26.3 Å². The number of hydrogen-bond acceptors (Lipinski definition) is 5. The molecule has 22 heavy (non-hydrogen) atoms. The molecule has 2 aromatic rings. The van der Waals surface area contributed by atoms with E-state index in [1.807, 2.05) is 14.0 Å². The Morgan fingerprint density at radius 2 is 2.18 bits per heavy atom. The molecule has 0 fully saturated rings. The monoisotopic (exact) mass is 297 g/mol. The number of fused-ring (bicyclic) bond motifs is 1. The molecule has 116 valence electrons. The molecule has 1 aromatic carbocycles. The van der Waals surface area contributed by atoms with Crippen LogP contribution in [0.2, 0.25) is 0 Å². The number of rotatable bonds is 3. The Hall–Kier alpha value is -2.14. The van der Waals surface area contributed by atoms with Gasteiger partial charge in [0, 0.05) is 31.4 Å². The molecule has 5 heteroatoms. The van der Waals surface area contributed by atoms with E-state index in [0.717, 1.165) is 42.9 Å². The summed E-state index contributed by atoms with van der Waals surface area (Å²) in [6.07, 6.45) is 3.64. The van der Waals surface area contributed by atoms with Gasteiger partial charge in [-0.3, -0.25) is 0 Å². The molecule has 0 atom stereocenters. The highest BCUT2D eigenvalue weighted by Gasteiger charge is 2.18. The van der Waals surface area contributed by atoms with E-state index in [-0.39, 0.29) is 0 Å². The van der Waals surface area contributed by atoms with E-state index in [1.165, 1.54) is 16.8 Å². The van der Waals surface area contributed by atoms with Gasteiger partial charge < -0.3 is 16.0 Å². The van der Waals surface area contributed by atoms with E-state index in [0.29, 0.717) is 5.82 Å². The molecule has 0 spiro atoms. The second-order valence-electron chi connectivity index (χ2n) is 5.84. The summed E-state index contributed by atoms with van der Waals surface area (Å²) < 4.78 is 0. The Morgan fingerprint density at radius 1 is 1.36 bits per heavy atom. The molecule has 0 amide bonds. The summed E-state index contributed by atoms with van der Waals surface area (Å²) in [5.41, 5.74) is 12.7. The average Bonchev–Trinajstić information content (AvgIpc) is 2.53. The van der Waals surface area contributed by atoms with E-state index in [1.54, 1.807) is 6.20 Å². The minimum Gasteiger partial charge on any atom is -0.388 e. The molecule has 1 aliphatic rings. The number of anilines is 2. The summed E-state index contributed by atoms with van der Waals surface area (Å²) in [5, 5.41) is 3.33. The molecule has 0 unspecified atom stereocenters. The lowest BCUT2D eigenvalue weighted by Crippen LogP contribution is -2.27. The first kappa shape index (κ1) is 14.8. The smallest absolute Gasteiger partial charge is 0.145 e. The number of aryl methyl sites for hydroxylation is 1. The normalized spacial score (nSPS) is 14.7. The zero-order valence-corrected chi connectivity index (χ0v) is 13.5. The van der Waals surface area contributed by atoms with Crippen LogP contribution >= 0.6 is 0 Å². The van der Waals surface area contributed by atoms with Crippen LogP contribution in [0.3, 0.4) is 0 Å². The topological polar surface area (TPSA) is 67.1 Å². The molecule has 0 bridgehead atoms. The predicted octanol–water partition coefficient (Wildman–Crippen LogP) is 2.32. The third kappa shape index (κ3) is 2.64. The SMILES string of the molecule is CCc1nc(-c2cc3c(c(NC)c2)CCN(C)C3)cnc1N. The lowest BCUT2D eigenvalue weighted by molar-refractivity contribution is 0.313. The number of nitrogens with one attached hydrogen (secondary N) is 1. The summed E-state index contributed by atoms with van der Waals surface area (Å²) >= 11 is 0. The van der Waals surface area contributed by atoms with E-state index in [2.05, 4.69) is 39.4 Å². The van der Waals surface area contributed by atoms with Crippen LogP contribution < -0.4 is 11.1 Å². The molecule has 1 aromatic heterocycles. The van der Waals surface area contributed by atoms with Crippen LogP contribution in [-0.2, 0) is 19.4 Å². The fraction of sp³-hybridized carbons (Fsp3) is 0.412. The minimum atomic E-state index is 0.526. The predicted molar refractivity (Wildman–Crippen MR) is 90.8 cm³/mol. The van der Waals surface area contributed by atoms with Gasteiger partial charge in [-0.2, -0.15) is 0 Å². The van der Waals surface area contributed by atoms with Crippen molar-refractivity contribution < 1.29 is 0 Å². The Labute approximate surface area is 131 Å². The van der Waals surface area contributed by atoms with Crippen molar-refractivity contribution >= 4 is 11.5 Å². The van der Waals surface area contributed by atoms with Gasteiger partial charge in [0.1, 0.15) is 5.82 Å². The van der Waals surface area contributed by atoms with Gasteiger partial charge in [-0.25, -0.2) is 9.97 Å². The van der Waals surface area contributed by atoms with Gasteiger partial charge >= 0.3 is 0 Å². The second kappa shape index (κ2) is 5.93. The summed E-state index contributed by atoms with van der Waals surface area (Å²) in [6.45, 7) is 4.12. The van der Waals surface area contributed by atoms with E-state index >= 15 is 0 Å². The van der Waals surface area contributed by atoms with Crippen LogP contribution in [0.1, 0.15) is 23.7 Å². The molecule has 3 rings (SSSR count). The number of benzene rings is 1. The van der Waals surface area contributed by atoms with Gasteiger partial charge in [0.25, 0.3) is 0 Å². The maximum absolute atomic E-state index is 5.87. The van der Waals surface area contributed by atoms with Crippen molar-refractivity contribution in [2.24, 2.45) is 0 Å². The number of likely N-dealkylation sites (N-methyl/N-ethyl adjacent to an activating group) is 1. The molecule has 3 N–H and O–H groups in total. The third-order valence-corrected chi connectivity index (χ3v) is 4.30. The van der Waals surface area contributed by atoms with Crippen LogP contribution in [0.4, 0.5) is 11.5 Å². The van der Waals surface area contributed by atoms with Crippen LogP contribution in [-0.4, -0.2) is 35.5 Å². The summed E-state index contributed by atoms with van der Waals surface area (Å²) in [6, 6.07) is 4.41. The Bertz CT molecular complexity index is 696. The van der Waals surface area contributed by atoms with Crippen molar-refractivity contribution in [3.63, 3.8) is 0 Å². The van der Waals surface area contributed by atoms with Crippen molar-refractivity contribution in [2.75, 3.05) is 31.7 Å². The van der Waals surface area contributed by atoms with Crippen LogP contribution in [0, 0.1) is 0 Å². The maximum atomic E-state index is 5.87. The molecule has 2 heterocycles. The highest BCUT2D eigenvalue weighted by Crippen LogP contribution is 2.31. The van der Waals surface area contributed by atoms with Gasteiger partial charge in [-0.1, -0.05) is 6.92 Å². The number of aromatic nitrogens is 2. The first-order chi connectivity index (χ1) is 10.6. The van der Waals surface area contributed by atoms with E-state index < -0.39 is 0 Å². The number of nitrogens with two attached hydrogens (primary N) is 1. The fourth-order valence-electron chi connectivity index (χ4n) is 3.05. The van der Waals surface area contributed by atoms with E-state index in [4.69, 9.17) is 5.73 Å². The fourth-order valence-corrected chi connectivity index (χ4v) is 3.05. The maximum Gasteiger partial charge on any atom is 0.145 e. The largest absolute Gasteiger partial charge is 0.388 e. The highest BCUT2D eigenvalue weighted by molar-refractivity contribution is 5.70. The van der Waals surface area contributed by atoms with Gasteiger partial charge in [-0.05, 0) is 43.1 Å². The van der Waals surface area contributed by atoms with Crippen LogP contribution in [0.5, 0.6) is 0 Å². The Kier molecular flexibility index (Phi) is 3.98. The van der Waals surface area contributed by atoms with Crippen molar-refractivity contribution in [3.8, 4) is 11.3 Å². The van der Waals surface area contributed by atoms with Crippen molar-refractivity contribution in [3.05, 3.63) is 35.2 Å². The number of nitrogen functional groups attached to an aromatic ring is 1. The first-order valence-corrected chi connectivity index (χ1v) is 7.76. The van der Waals surface area contributed by atoms with Crippen molar-refractivity contribution in [1.29, 1.82) is 0 Å². The molecular formula is C17H23N5. The number of nitrogens with zero attached hydrogens (tertiary/aromatic N) is 3. The second-order valence-corrected chi connectivity index (χ2v) is 5.84. The van der Waals surface area contributed by atoms with Gasteiger partial charge in [0.15, 0.2) is 0 Å².